The summed E-state index contributed by atoms with van der Waals surface area (Å²) in [5.74, 6) is 0.831. The van der Waals surface area contributed by atoms with E-state index < -0.39 is 0 Å². The first-order chi connectivity index (χ1) is 5.77. The molecule has 1 atom stereocenters. The fraction of sp³-hybridized carbons (Fsp3) is 0.875. The lowest BCUT2D eigenvalue weighted by molar-refractivity contribution is -0.130. The molecule has 1 heterocycles. The molecule has 0 aromatic rings. The van der Waals surface area contributed by atoms with Crippen LogP contribution in [0.5, 0.6) is 0 Å². The van der Waals surface area contributed by atoms with Crippen LogP contribution < -0.4 is 0 Å². The number of methoxy groups -OCH3 is 1. The van der Waals surface area contributed by atoms with E-state index >= 15 is 0 Å². The SMILES string of the molecule is COC1CCN(C(=O)CCS)C1. The van der Waals surface area contributed by atoms with Gasteiger partial charge in [0.1, 0.15) is 0 Å². The molecule has 1 aliphatic heterocycles. The van der Waals surface area contributed by atoms with E-state index in [1.807, 2.05) is 4.90 Å². The standard InChI is InChI=1S/C8H15NO2S/c1-11-7-2-4-9(6-7)8(10)3-5-12/h7,12H,2-6H2,1H3. The average Bonchev–Trinajstić information content (AvgIpc) is 2.52. The van der Waals surface area contributed by atoms with E-state index in [4.69, 9.17) is 4.74 Å². The van der Waals surface area contributed by atoms with Gasteiger partial charge < -0.3 is 9.64 Å². The van der Waals surface area contributed by atoms with Crippen molar-refractivity contribution in [2.75, 3.05) is 26.0 Å². The third-order valence-electron chi connectivity index (χ3n) is 2.16. The molecule has 0 aromatic carbocycles. The number of likely N-dealkylation sites (tertiary alicyclic amines) is 1. The van der Waals surface area contributed by atoms with Gasteiger partial charge in [0.2, 0.25) is 5.91 Å². The second-order valence-corrected chi connectivity index (χ2v) is 3.41. The van der Waals surface area contributed by atoms with Gasteiger partial charge in [0, 0.05) is 26.6 Å². The maximum absolute atomic E-state index is 11.3. The number of amides is 1. The van der Waals surface area contributed by atoms with Gasteiger partial charge in [0.05, 0.1) is 6.10 Å². The molecule has 3 nitrogen and oxygen atoms in total. The van der Waals surface area contributed by atoms with E-state index in [9.17, 15) is 4.79 Å². The Bertz CT molecular complexity index is 163. The molecule has 1 saturated heterocycles. The molecule has 0 bridgehead atoms. The zero-order chi connectivity index (χ0) is 8.97. The van der Waals surface area contributed by atoms with E-state index in [0.717, 1.165) is 19.5 Å². The first-order valence-electron chi connectivity index (χ1n) is 4.19. The van der Waals surface area contributed by atoms with Crippen molar-refractivity contribution in [2.24, 2.45) is 0 Å². The van der Waals surface area contributed by atoms with E-state index in [1.165, 1.54) is 0 Å². The highest BCUT2D eigenvalue weighted by Crippen LogP contribution is 2.12. The molecule has 0 saturated carbocycles. The topological polar surface area (TPSA) is 29.5 Å². The summed E-state index contributed by atoms with van der Waals surface area (Å²) in [5, 5.41) is 0. The van der Waals surface area contributed by atoms with Gasteiger partial charge >= 0.3 is 0 Å². The second kappa shape index (κ2) is 4.72. The lowest BCUT2D eigenvalue weighted by Crippen LogP contribution is -2.29. The number of hydrogen-bond donors (Lipinski definition) is 1. The van der Waals surface area contributed by atoms with Gasteiger partial charge in [0.15, 0.2) is 0 Å². The molecule has 4 heteroatoms. The van der Waals surface area contributed by atoms with Crippen molar-refractivity contribution in [3.8, 4) is 0 Å². The Hall–Kier alpha value is -0.220. The average molecular weight is 189 g/mol. The summed E-state index contributed by atoms with van der Waals surface area (Å²) in [6, 6.07) is 0. The van der Waals surface area contributed by atoms with Crippen LogP contribution in [-0.2, 0) is 9.53 Å². The third kappa shape index (κ3) is 2.38. The normalized spacial score (nSPS) is 23.2. The zero-order valence-electron chi connectivity index (χ0n) is 7.32. The van der Waals surface area contributed by atoms with Crippen molar-refractivity contribution in [1.29, 1.82) is 0 Å². The highest BCUT2D eigenvalue weighted by atomic mass is 32.1. The third-order valence-corrected chi connectivity index (χ3v) is 2.38. The minimum absolute atomic E-state index is 0.199. The van der Waals surface area contributed by atoms with Crippen LogP contribution in [0.2, 0.25) is 0 Å². The van der Waals surface area contributed by atoms with Crippen LogP contribution in [0.15, 0.2) is 0 Å². The number of thiol groups is 1. The van der Waals surface area contributed by atoms with Crippen LogP contribution in [-0.4, -0.2) is 42.9 Å². The summed E-state index contributed by atoms with van der Waals surface area (Å²) in [6.45, 7) is 1.59. The summed E-state index contributed by atoms with van der Waals surface area (Å²) >= 11 is 4.02. The molecule has 1 aliphatic rings. The lowest BCUT2D eigenvalue weighted by Gasteiger charge is -2.15. The number of nitrogens with zero attached hydrogens (tertiary/aromatic N) is 1. The summed E-state index contributed by atoms with van der Waals surface area (Å²) in [6.07, 6.45) is 1.75. The fourth-order valence-electron chi connectivity index (χ4n) is 1.40. The largest absolute Gasteiger partial charge is 0.380 e. The maximum atomic E-state index is 11.3. The predicted octanol–water partition coefficient (Wildman–Crippen LogP) is 0.554. The summed E-state index contributed by atoms with van der Waals surface area (Å²) in [4.78, 5) is 13.2. The van der Waals surface area contributed by atoms with Crippen molar-refractivity contribution in [3.63, 3.8) is 0 Å². The molecular weight excluding hydrogens is 174 g/mol. The quantitative estimate of drug-likeness (QED) is 0.657. The Morgan fingerprint density at radius 2 is 2.50 bits per heavy atom. The number of carbonyl (C=O) groups excluding carboxylic acids is 1. The Kier molecular flexibility index (Phi) is 3.88. The van der Waals surface area contributed by atoms with Gasteiger partial charge in [-0.15, -0.1) is 0 Å². The Balaban J connectivity index is 2.31. The molecule has 1 amide bonds. The van der Waals surface area contributed by atoms with Gasteiger partial charge in [-0.05, 0) is 12.2 Å². The van der Waals surface area contributed by atoms with Crippen LogP contribution >= 0.6 is 12.6 Å². The highest BCUT2D eigenvalue weighted by Gasteiger charge is 2.24. The van der Waals surface area contributed by atoms with Crippen molar-refractivity contribution in [3.05, 3.63) is 0 Å². The minimum atomic E-state index is 0.199. The molecule has 1 rings (SSSR count). The Morgan fingerprint density at radius 3 is 3.00 bits per heavy atom. The van der Waals surface area contributed by atoms with E-state index in [2.05, 4.69) is 12.6 Å². The predicted molar refractivity (Wildman–Crippen MR) is 50.5 cm³/mol. The number of ether oxygens (including phenoxy) is 1. The summed E-state index contributed by atoms with van der Waals surface area (Å²) in [7, 11) is 1.69. The molecule has 0 spiro atoms. The van der Waals surface area contributed by atoms with Crippen LogP contribution in [0, 0.1) is 0 Å². The molecule has 0 aromatic heterocycles. The zero-order valence-corrected chi connectivity index (χ0v) is 8.22. The lowest BCUT2D eigenvalue weighted by atomic mass is 10.3. The molecule has 70 valence electrons. The molecular formula is C8H15NO2S. The number of hydrogen-bond acceptors (Lipinski definition) is 3. The van der Waals surface area contributed by atoms with Crippen LogP contribution in [0.3, 0.4) is 0 Å². The molecule has 0 aliphatic carbocycles. The van der Waals surface area contributed by atoms with Crippen molar-refractivity contribution in [2.45, 2.75) is 18.9 Å². The van der Waals surface area contributed by atoms with Crippen LogP contribution in [0.1, 0.15) is 12.8 Å². The molecule has 12 heavy (non-hydrogen) atoms. The van der Waals surface area contributed by atoms with Crippen LogP contribution in [0.4, 0.5) is 0 Å². The van der Waals surface area contributed by atoms with Crippen molar-refractivity contribution < 1.29 is 9.53 Å². The van der Waals surface area contributed by atoms with Gasteiger partial charge in [0.25, 0.3) is 0 Å². The summed E-state index contributed by atoms with van der Waals surface area (Å²) in [5.41, 5.74) is 0. The van der Waals surface area contributed by atoms with E-state index in [1.54, 1.807) is 7.11 Å². The van der Waals surface area contributed by atoms with E-state index in [0.29, 0.717) is 12.2 Å². The Labute approximate surface area is 78.5 Å². The minimum Gasteiger partial charge on any atom is -0.380 e. The van der Waals surface area contributed by atoms with Gasteiger partial charge in [-0.25, -0.2) is 0 Å². The molecule has 0 radical (unpaired) electrons. The summed E-state index contributed by atoms with van der Waals surface area (Å²) < 4.78 is 5.16. The maximum Gasteiger partial charge on any atom is 0.223 e. The van der Waals surface area contributed by atoms with Gasteiger partial charge in [-0.2, -0.15) is 12.6 Å². The second-order valence-electron chi connectivity index (χ2n) is 2.96. The smallest absolute Gasteiger partial charge is 0.223 e. The van der Waals surface area contributed by atoms with Crippen LogP contribution in [0.25, 0.3) is 0 Å². The van der Waals surface area contributed by atoms with Gasteiger partial charge in [-0.3, -0.25) is 4.79 Å². The van der Waals surface area contributed by atoms with Gasteiger partial charge in [-0.1, -0.05) is 0 Å². The van der Waals surface area contributed by atoms with E-state index in [-0.39, 0.29) is 12.0 Å². The van der Waals surface area contributed by atoms with Crippen molar-refractivity contribution >= 4 is 18.5 Å². The Morgan fingerprint density at radius 1 is 1.75 bits per heavy atom. The molecule has 1 unspecified atom stereocenters. The number of carbonyl (C=O) groups is 1. The highest BCUT2D eigenvalue weighted by molar-refractivity contribution is 7.80. The van der Waals surface area contributed by atoms with Crippen molar-refractivity contribution in [1.82, 2.24) is 4.90 Å². The monoisotopic (exact) mass is 189 g/mol. The fourth-order valence-corrected chi connectivity index (χ4v) is 1.59. The number of rotatable bonds is 3. The first kappa shape index (κ1) is 9.86. The molecule has 1 fully saturated rings. The molecule has 0 N–H and O–H groups in total. The first-order valence-corrected chi connectivity index (χ1v) is 4.82.